The smallest absolute Gasteiger partial charge is 0.328 e. The molecule has 1 atom stereocenters. The molecule has 0 saturated carbocycles. The molecular weight excluding hydrogens is 339 g/mol. The molecule has 1 aliphatic rings. The van der Waals surface area contributed by atoms with Gasteiger partial charge in [-0.05, 0) is 43.6 Å². The third-order valence-electron chi connectivity index (χ3n) is 4.64. The summed E-state index contributed by atoms with van der Waals surface area (Å²) in [6.07, 6.45) is 3.37. The Morgan fingerprint density at radius 1 is 1.23 bits per heavy atom. The number of rotatable bonds is 5. The Hall–Kier alpha value is -2.74. The van der Waals surface area contributed by atoms with Crippen LogP contribution in [-0.2, 0) is 7.05 Å². The third-order valence-corrected chi connectivity index (χ3v) is 4.64. The summed E-state index contributed by atoms with van der Waals surface area (Å²) in [5.74, 6) is -0.858. The molecule has 0 aliphatic carbocycles. The van der Waals surface area contributed by atoms with Crippen LogP contribution in [0.5, 0.6) is 0 Å². The van der Waals surface area contributed by atoms with Crippen molar-refractivity contribution in [3.05, 3.63) is 68.2 Å². The zero-order chi connectivity index (χ0) is 18.7. The maximum absolute atomic E-state index is 13.2. The van der Waals surface area contributed by atoms with Gasteiger partial charge in [0.25, 0.3) is 11.5 Å². The summed E-state index contributed by atoms with van der Waals surface area (Å²) in [7, 11) is 1.46. The topological polar surface area (TPSA) is 87.2 Å². The highest BCUT2D eigenvalue weighted by Gasteiger charge is 2.24. The average Bonchev–Trinajstić information content (AvgIpc) is 3.14. The van der Waals surface area contributed by atoms with Crippen LogP contribution in [0, 0.1) is 5.82 Å². The number of nitrogens with one attached hydrogen (secondary N) is 2. The average molecular weight is 360 g/mol. The maximum atomic E-state index is 13.2. The van der Waals surface area contributed by atoms with Gasteiger partial charge in [-0.1, -0.05) is 12.1 Å². The summed E-state index contributed by atoms with van der Waals surface area (Å²) in [5.41, 5.74) is -0.507. The number of aryl methyl sites for hydroxylation is 1. The minimum atomic E-state index is -0.717. The van der Waals surface area contributed by atoms with Crippen molar-refractivity contribution in [2.24, 2.45) is 7.05 Å². The highest BCUT2D eigenvalue weighted by molar-refractivity contribution is 5.93. The molecule has 1 fully saturated rings. The lowest BCUT2D eigenvalue weighted by Gasteiger charge is -2.28. The maximum Gasteiger partial charge on any atom is 0.328 e. The van der Waals surface area contributed by atoms with Crippen LogP contribution in [0.25, 0.3) is 0 Å². The van der Waals surface area contributed by atoms with Crippen LogP contribution in [0.15, 0.2) is 40.1 Å². The predicted molar refractivity (Wildman–Crippen MR) is 94.6 cm³/mol. The van der Waals surface area contributed by atoms with E-state index in [0.29, 0.717) is 0 Å². The second kappa shape index (κ2) is 7.65. The molecule has 3 rings (SSSR count). The molecule has 7 nitrogen and oxygen atoms in total. The van der Waals surface area contributed by atoms with Gasteiger partial charge in [-0.3, -0.25) is 19.5 Å². The van der Waals surface area contributed by atoms with E-state index < -0.39 is 17.2 Å². The van der Waals surface area contributed by atoms with Gasteiger partial charge in [0.15, 0.2) is 0 Å². The van der Waals surface area contributed by atoms with Crippen molar-refractivity contribution in [2.45, 2.75) is 18.9 Å². The van der Waals surface area contributed by atoms with Crippen molar-refractivity contribution in [3.8, 4) is 0 Å². The van der Waals surface area contributed by atoms with Crippen LogP contribution < -0.4 is 16.6 Å². The highest BCUT2D eigenvalue weighted by Crippen LogP contribution is 2.24. The molecule has 2 aromatic rings. The molecule has 1 aromatic heterocycles. The van der Waals surface area contributed by atoms with E-state index in [2.05, 4.69) is 15.2 Å². The molecule has 1 amide bonds. The number of hydrogen-bond acceptors (Lipinski definition) is 4. The van der Waals surface area contributed by atoms with E-state index in [9.17, 15) is 18.8 Å². The Morgan fingerprint density at radius 3 is 2.54 bits per heavy atom. The van der Waals surface area contributed by atoms with E-state index in [0.717, 1.165) is 36.1 Å². The fraction of sp³-hybridized carbons (Fsp3) is 0.389. The molecule has 0 bridgehead atoms. The second-order valence-electron chi connectivity index (χ2n) is 6.43. The minimum Gasteiger partial charge on any atom is -0.350 e. The molecule has 2 N–H and O–H groups in total. The number of nitrogens with zero attached hydrogens (tertiary/aromatic N) is 2. The number of amides is 1. The Kier molecular flexibility index (Phi) is 5.32. The van der Waals surface area contributed by atoms with Crippen molar-refractivity contribution in [1.82, 2.24) is 19.8 Å². The first-order valence-corrected chi connectivity index (χ1v) is 8.53. The van der Waals surface area contributed by atoms with Crippen LogP contribution in [0.2, 0.25) is 0 Å². The Balaban J connectivity index is 1.78. The lowest BCUT2D eigenvalue weighted by molar-refractivity contribution is 0.0935. The summed E-state index contributed by atoms with van der Waals surface area (Å²) in [5, 5.41) is 2.77. The molecule has 1 unspecified atom stereocenters. The van der Waals surface area contributed by atoms with E-state index in [-0.39, 0.29) is 24.0 Å². The molecular formula is C18H21FN4O3. The lowest BCUT2D eigenvalue weighted by atomic mass is 10.1. The minimum absolute atomic E-state index is 0.103. The number of hydrogen-bond donors (Lipinski definition) is 2. The van der Waals surface area contributed by atoms with Gasteiger partial charge in [-0.15, -0.1) is 0 Å². The summed E-state index contributed by atoms with van der Waals surface area (Å²) >= 11 is 0. The number of aromatic amines is 1. The highest BCUT2D eigenvalue weighted by atomic mass is 19.1. The van der Waals surface area contributed by atoms with E-state index in [4.69, 9.17) is 0 Å². The summed E-state index contributed by atoms with van der Waals surface area (Å²) in [4.78, 5) is 40.0. The zero-order valence-corrected chi connectivity index (χ0v) is 14.5. The summed E-state index contributed by atoms with van der Waals surface area (Å²) < 4.78 is 14.4. The van der Waals surface area contributed by atoms with Crippen LogP contribution in [0.1, 0.15) is 34.8 Å². The van der Waals surface area contributed by atoms with Crippen LogP contribution in [0.4, 0.5) is 4.39 Å². The van der Waals surface area contributed by atoms with Crippen molar-refractivity contribution < 1.29 is 9.18 Å². The largest absolute Gasteiger partial charge is 0.350 e. The van der Waals surface area contributed by atoms with Crippen molar-refractivity contribution in [2.75, 3.05) is 19.6 Å². The Labute approximate surface area is 149 Å². The van der Waals surface area contributed by atoms with Gasteiger partial charge in [-0.2, -0.15) is 0 Å². The standard InChI is InChI=1S/C18H21FN4O3/c1-22-11-14(17(25)21-18(22)26)16(24)20-10-15(23-8-2-3-9-23)12-4-6-13(19)7-5-12/h4-7,11,15H,2-3,8-10H2,1H3,(H,20,24)(H,21,25,26). The monoisotopic (exact) mass is 360 g/mol. The molecule has 138 valence electrons. The number of aromatic nitrogens is 2. The van der Waals surface area contributed by atoms with Gasteiger partial charge in [0.05, 0.1) is 6.04 Å². The summed E-state index contributed by atoms with van der Waals surface area (Å²) in [6.45, 7) is 2.09. The number of carbonyl (C=O) groups excluding carboxylic acids is 1. The molecule has 1 saturated heterocycles. The number of likely N-dealkylation sites (tertiary alicyclic amines) is 1. The van der Waals surface area contributed by atoms with Gasteiger partial charge >= 0.3 is 5.69 Å². The van der Waals surface area contributed by atoms with E-state index in [1.165, 1.54) is 25.4 Å². The van der Waals surface area contributed by atoms with Crippen LogP contribution in [-0.4, -0.2) is 40.0 Å². The fourth-order valence-electron chi connectivity index (χ4n) is 3.21. The lowest BCUT2D eigenvalue weighted by Crippen LogP contribution is -2.40. The van der Waals surface area contributed by atoms with Gasteiger partial charge in [0.2, 0.25) is 0 Å². The predicted octanol–water partition coefficient (Wildman–Crippen LogP) is 0.780. The normalized spacial score (nSPS) is 15.8. The van der Waals surface area contributed by atoms with Crippen LogP contribution >= 0.6 is 0 Å². The molecule has 0 radical (unpaired) electrons. The van der Waals surface area contributed by atoms with Crippen molar-refractivity contribution in [1.29, 1.82) is 0 Å². The van der Waals surface area contributed by atoms with E-state index in [1.807, 2.05) is 0 Å². The second-order valence-corrected chi connectivity index (χ2v) is 6.43. The van der Waals surface area contributed by atoms with E-state index in [1.54, 1.807) is 12.1 Å². The number of benzene rings is 1. The number of H-pyrrole nitrogens is 1. The molecule has 8 heteroatoms. The summed E-state index contributed by atoms with van der Waals surface area (Å²) in [6, 6.07) is 6.12. The molecule has 1 aliphatic heterocycles. The fourth-order valence-corrected chi connectivity index (χ4v) is 3.21. The molecule has 1 aromatic carbocycles. The number of carbonyl (C=O) groups is 1. The zero-order valence-electron chi connectivity index (χ0n) is 14.5. The first-order chi connectivity index (χ1) is 12.5. The van der Waals surface area contributed by atoms with Crippen molar-refractivity contribution in [3.63, 3.8) is 0 Å². The molecule has 2 heterocycles. The van der Waals surface area contributed by atoms with Crippen molar-refractivity contribution >= 4 is 5.91 Å². The quantitative estimate of drug-likeness (QED) is 0.825. The van der Waals surface area contributed by atoms with Crippen LogP contribution in [0.3, 0.4) is 0 Å². The van der Waals surface area contributed by atoms with Gasteiger partial charge in [0.1, 0.15) is 11.4 Å². The first kappa shape index (κ1) is 18.1. The van der Waals surface area contributed by atoms with Gasteiger partial charge in [-0.25, -0.2) is 9.18 Å². The van der Waals surface area contributed by atoms with Gasteiger partial charge in [0, 0.05) is 19.8 Å². The third kappa shape index (κ3) is 3.91. The van der Waals surface area contributed by atoms with Gasteiger partial charge < -0.3 is 9.88 Å². The molecule has 26 heavy (non-hydrogen) atoms. The SMILES string of the molecule is Cn1cc(C(=O)NCC(c2ccc(F)cc2)N2CCCC2)c(=O)[nH]c1=O. The van der Waals surface area contributed by atoms with E-state index >= 15 is 0 Å². The number of halogens is 1. The Morgan fingerprint density at radius 2 is 1.88 bits per heavy atom. The molecule has 0 spiro atoms. The Bertz CT molecular complexity index is 898. The first-order valence-electron chi connectivity index (χ1n) is 8.53.